The Hall–Kier alpha value is -0.660. The van der Waals surface area contributed by atoms with Gasteiger partial charge in [-0.15, -0.1) is 0 Å². The van der Waals surface area contributed by atoms with Crippen LogP contribution in [-0.2, 0) is 15.7 Å². The van der Waals surface area contributed by atoms with E-state index in [1.165, 1.54) is 0 Å². The quantitative estimate of drug-likeness (QED) is 0.292. The van der Waals surface area contributed by atoms with E-state index in [1.807, 2.05) is 27.7 Å². The van der Waals surface area contributed by atoms with Crippen molar-refractivity contribution in [1.82, 2.24) is 4.72 Å². The highest BCUT2D eigenvalue weighted by molar-refractivity contribution is 7.84. The molecule has 4 N–H and O–H groups in total. The third-order valence-corrected chi connectivity index (χ3v) is 4.31. The molecule has 0 unspecified atom stereocenters. The van der Waals surface area contributed by atoms with Crippen molar-refractivity contribution in [3.05, 3.63) is 0 Å². The van der Waals surface area contributed by atoms with Gasteiger partial charge in [0.2, 0.25) is 0 Å². The molecule has 0 amide bonds. The van der Waals surface area contributed by atoms with Gasteiger partial charge in [0.25, 0.3) is 0 Å². The summed E-state index contributed by atoms with van der Waals surface area (Å²) in [5, 5.41) is 11.8. The molecule has 0 aliphatic carbocycles. The van der Waals surface area contributed by atoms with Gasteiger partial charge < -0.3 is 15.7 Å². The zero-order chi connectivity index (χ0) is 13.3. The van der Waals surface area contributed by atoms with Crippen molar-refractivity contribution in [3.8, 4) is 0 Å². The smallest absolute Gasteiger partial charge is 0.158 e. The maximum Gasteiger partial charge on any atom is 0.158 e. The molecule has 2 atom stereocenters. The van der Waals surface area contributed by atoms with E-state index in [9.17, 15) is 4.21 Å². The normalized spacial score (nSPS) is 23.9. The van der Waals surface area contributed by atoms with Crippen molar-refractivity contribution in [1.29, 1.82) is 0 Å². The first-order valence-electron chi connectivity index (χ1n) is 5.44. The Morgan fingerprint density at radius 1 is 1.59 bits per heavy atom. The number of nitrogens with zero attached hydrogens (tertiary/aromatic N) is 1. The molecule has 1 fully saturated rings. The lowest BCUT2D eigenvalue weighted by Crippen LogP contribution is -2.62. The number of rotatable bonds is 4. The van der Waals surface area contributed by atoms with Crippen molar-refractivity contribution in [2.24, 2.45) is 16.3 Å². The predicted molar refractivity (Wildman–Crippen MR) is 67.2 cm³/mol. The maximum atomic E-state index is 12.0. The molecule has 0 saturated carbocycles. The predicted octanol–water partition coefficient (Wildman–Crippen LogP) is 0.190. The molecule has 1 rings (SSSR count). The van der Waals surface area contributed by atoms with E-state index in [0.717, 1.165) is 0 Å². The van der Waals surface area contributed by atoms with Crippen molar-refractivity contribution in [2.45, 2.75) is 38.5 Å². The number of nitrogens with two attached hydrogens (primary N) is 1. The van der Waals surface area contributed by atoms with E-state index in [0.29, 0.717) is 13.2 Å². The standard InChI is InChI=1S/C10H21N3O3S/c1-9(2,3)17(15)13-7(8(11)12-14)10(4)5-16-6-10/h7,13-14H,5-6H2,1-4H3,(H2,11,12)/t7-,17-/m0/s1. The first-order chi connectivity index (χ1) is 7.70. The summed E-state index contributed by atoms with van der Waals surface area (Å²) in [6.07, 6.45) is 0. The molecule has 1 aliphatic rings. The lowest BCUT2D eigenvalue weighted by atomic mass is 9.80. The molecule has 100 valence electrons. The summed E-state index contributed by atoms with van der Waals surface area (Å²) < 4.78 is 19.7. The van der Waals surface area contributed by atoms with Gasteiger partial charge in [0.05, 0.1) is 35.0 Å². The lowest BCUT2D eigenvalue weighted by molar-refractivity contribution is -0.107. The SMILES string of the molecule is CC1([C@@H](N[S@@](=O)C(C)(C)C)/C(N)=N\O)COC1. The van der Waals surface area contributed by atoms with Gasteiger partial charge in [-0.25, -0.2) is 8.93 Å². The number of oxime groups is 1. The summed E-state index contributed by atoms with van der Waals surface area (Å²) in [4.78, 5) is 0. The van der Waals surface area contributed by atoms with Crippen LogP contribution in [0.25, 0.3) is 0 Å². The molecule has 0 spiro atoms. The Bertz CT molecular complexity index is 334. The molecule has 0 radical (unpaired) electrons. The van der Waals surface area contributed by atoms with Gasteiger partial charge in [-0.05, 0) is 20.8 Å². The molecular formula is C10H21N3O3S. The molecule has 0 bridgehead atoms. The average molecular weight is 263 g/mol. The molecule has 1 aliphatic heterocycles. The summed E-state index contributed by atoms with van der Waals surface area (Å²) in [5.74, 6) is 0.0356. The highest BCUT2D eigenvalue weighted by Crippen LogP contribution is 2.31. The fourth-order valence-electron chi connectivity index (χ4n) is 1.49. The Morgan fingerprint density at radius 2 is 2.12 bits per heavy atom. The molecule has 0 aromatic rings. The molecule has 17 heavy (non-hydrogen) atoms. The molecule has 6 nitrogen and oxygen atoms in total. The number of hydrogen-bond donors (Lipinski definition) is 3. The summed E-state index contributed by atoms with van der Waals surface area (Å²) in [5.41, 5.74) is 5.37. The van der Waals surface area contributed by atoms with E-state index in [4.69, 9.17) is 15.7 Å². The molecule has 0 aromatic heterocycles. The van der Waals surface area contributed by atoms with Crippen LogP contribution >= 0.6 is 0 Å². The van der Waals surface area contributed by atoms with Crippen molar-refractivity contribution in [2.75, 3.05) is 13.2 Å². The summed E-state index contributed by atoms with van der Waals surface area (Å²) in [7, 11) is -1.28. The Kier molecular flexibility index (Phi) is 4.16. The van der Waals surface area contributed by atoms with Crippen LogP contribution in [0.2, 0.25) is 0 Å². The van der Waals surface area contributed by atoms with E-state index in [1.54, 1.807) is 0 Å². The zero-order valence-electron chi connectivity index (χ0n) is 10.7. The van der Waals surface area contributed by atoms with Crippen LogP contribution in [0.5, 0.6) is 0 Å². The topological polar surface area (TPSA) is 96.9 Å². The van der Waals surface area contributed by atoms with Gasteiger partial charge in [0.15, 0.2) is 5.84 Å². The number of nitrogens with one attached hydrogen (secondary N) is 1. The largest absolute Gasteiger partial charge is 0.409 e. The maximum absolute atomic E-state index is 12.0. The fourth-order valence-corrected chi connectivity index (χ4v) is 2.46. The zero-order valence-corrected chi connectivity index (χ0v) is 11.5. The van der Waals surface area contributed by atoms with Crippen LogP contribution in [-0.4, -0.2) is 39.3 Å². The van der Waals surface area contributed by atoms with Gasteiger partial charge in [-0.2, -0.15) is 0 Å². The minimum absolute atomic E-state index is 0.0356. The number of hydrogen-bond acceptors (Lipinski definition) is 4. The third kappa shape index (κ3) is 3.17. The van der Waals surface area contributed by atoms with Crippen LogP contribution in [0.4, 0.5) is 0 Å². The molecule has 1 heterocycles. The van der Waals surface area contributed by atoms with Crippen molar-refractivity contribution in [3.63, 3.8) is 0 Å². The lowest BCUT2D eigenvalue weighted by Gasteiger charge is -2.44. The second kappa shape index (κ2) is 4.91. The Balaban J connectivity index is 2.83. The van der Waals surface area contributed by atoms with E-state index in [-0.39, 0.29) is 11.3 Å². The molecule has 1 saturated heterocycles. The number of amidine groups is 1. The van der Waals surface area contributed by atoms with Gasteiger partial charge in [0, 0.05) is 5.41 Å². The molecule has 0 aromatic carbocycles. The van der Waals surface area contributed by atoms with E-state index < -0.39 is 21.8 Å². The Morgan fingerprint density at radius 3 is 2.41 bits per heavy atom. The molecular weight excluding hydrogens is 242 g/mol. The van der Waals surface area contributed by atoms with Crippen LogP contribution in [0.15, 0.2) is 5.16 Å². The summed E-state index contributed by atoms with van der Waals surface area (Å²) in [6.45, 7) is 8.54. The minimum Gasteiger partial charge on any atom is -0.409 e. The molecule has 7 heteroatoms. The van der Waals surface area contributed by atoms with Crippen molar-refractivity contribution < 1.29 is 14.2 Å². The summed E-state index contributed by atoms with van der Waals surface area (Å²) in [6, 6.07) is -0.457. The first-order valence-corrected chi connectivity index (χ1v) is 6.59. The second-order valence-electron chi connectivity index (χ2n) is 5.60. The average Bonchev–Trinajstić information content (AvgIpc) is 2.19. The highest BCUT2D eigenvalue weighted by atomic mass is 32.2. The summed E-state index contributed by atoms with van der Waals surface area (Å²) >= 11 is 0. The number of ether oxygens (including phenoxy) is 1. The van der Waals surface area contributed by atoms with Gasteiger partial charge in [0.1, 0.15) is 0 Å². The first kappa shape index (κ1) is 14.4. The van der Waals surface area contributed by atoms with Crippen LogP contribution < -0.4 is 10.5 Å². The van der Waals surface area contributed by atoms with E-state index >= 15 is 0 Å². The van der Waals surface area contributed by atoms with Gasteiger partial charge in [-0.3, -0.25) is 0 Å². The minimum atomic E-state index is -1.28. The Labute approximate surface area is 104 Å². The fraction of sp³-hybridized carbons (Fsp3) is 0.900. The van der Waals surface area contributed by atoms with Gasteiger partial charge >= 0.3 is 0 Å². The monoisotopic (exact) mass is 263 g/mol. The second-order valence-corrected chi connectivity index (χ2v) is 7.60. The van der Waals surface area contributed by atoms with E-state index in [2.05, 4.69) is 9.88 Å². The highest BCUT2D eigenvalue weighted by Gasteiger charge is 2.45. The van der Waals surface area contributed by atoms with Gasteiger partial charge in [-0.1, -0.05) is 12.1 Å². The van der Waals surface area contributed by atoms with Crippen LogP contribution in [0, 0.1) is 5.41 Å². The van der Waals surface area contributed by atoms with Crippen molar-refractivity contribution >= 4 is 16.8 Å². The third-order valence-electron chi connectivity index (χ3n) is 2.75. The van der Waals surface area contributed by atoms with Crippen LogP contribution in [0.3, 0.4) is 0 Å². The van der Waals surface area contributed by atoms with Crippen LogP contribution in [0.1, 0.15) is 27.7 Å².